The SMILES string of the molecule is CCN(CC)S(=O)(=O)c1ccc(OC)c(C(=O)N2CCNC(C)C2)c1.Cl. The Morgan fingerprint density at radius 2 is 2.00 bits per heavy atom. The number of sulfonamides is 1. The van der Waals surface area contributed by atoms with Crippen LogP contribution in [-0.4, -0.2) is 69.4 Å². The number of methoxy groups -OCH3 is 1. The number of carbonyl (C=O) groups excluding carboxylic acids is 1. The van der Waals surface area contributed by atoms with Crippen molar-refractivity contribution in [1.82, 2.24) is 14.5 Å². The number of hydrogen-bond donors (Lipinski definition) is 1. The Morgan fingerprint density at radius 3 is 2.54 bits per heavy atom. The number of piperazine rings is 1. The van der Waals surface area contributed by atoms with E-state index in [-0.39, 0.29) is 34.8 Å². The molecule has 1 aliphatic heterocycles. The fourth-order valence-electron chi connectivity index (χ4n) is 3.01. The lowest BCUT2D eigenvalue weighted by molar-refractivity contribution is 0.0705. The van der Waals surface area contributed by atoms with E-state index in [0.717, 1.165) is 0 Å². The van der Waals surface area contributed by atoms with Crippen LogP contribution < -0.4 is 10.1 Å². The number of ether oxygens (including phenoxy) is 1. The predicted molar refractivity (Wildman–Crippen MR) is 104 cm³/mol. The van der Waals surface area contributed by atoms with E-state index in [1.165, 1.54) is 23.5 Å². The summed E-state index contributed by atoms with van der Waals surface area (Å²) >= 11 is 0. The predicted octanol–water partition coefficient (Wildman–Crippen LogP) is 1.58. The molecule has 2 rings (SSSR count). The molecule has 1 aliphatic rings. The summed E-state index contributed by atoms with van der Waals surface area (Å²) in [5, 5.41) is 3.28. The summed E-state index contributed by atoms with van der Waals surface area (Å²) in [4.78, 5) is 14.8. The Balaban J connectivity index is 0.00000338. The van der Waals surface area contributed by atoms with Gasteiger partial charge in [0.15, 0.2) is 0 Å². The number of halogens is 1. The van der Waals surface area contributed by atoms with Crippen molar-refractivity contribution >= 4 is 28.3 Å². The number of carbonyl (C=O) groups is 1. The van der Waals surface area contributed by atoms with Gasteiger partial charge in [-0.1, -0.05) is 13.8 Å². The lowest BCUT2D eigenvalue weighted by Crippen LogP contribution is -2.51. The Labute approximate surface area is 162 Å². The second-order valence-corrected chi connectivity index (χ2v) is 8.00. The van der Waals surface area contributed by atoms with Gasteiger partial charge in [0.1, 0.15) is 5.75 Å². The van der Waals surface area contributed by atoms with Gasteiger partial charge in [0.25, 0.3) is 5.91 Å². The van der Waals surface area contributed by atoms with E-state index in [0.29, 0.717) is 38.5 Å². The molecule has 0 aromatic heterocycles. The second-order valence-electron chi connectivity index (χ2n) is 6.06. The second kappa shape index (κ2) is 9.55. The van der Waals surface area contributed by atoms with Gasteiger partial charge in [-0.05, 0) is 25.1 Å². The van der Waals surface area contributed by atoms with Crippen LogP contribution in [0.4, 0.5) is 0 Å². The highest BCUT2D eigenvalue weighted by Gasteiger charge is 2.28. The van der Waals surface area contributed by atoms with Crippen LogP contribution in [0.5, 0.6) is 5.75 Å². The molecule has 26 heavy (non-hydrogen) atoms. The number of nitrogens with one attached hydrogen (secondary N) is 1. The van der Waals surface area contributed by atoms with Crippen molar-refractivity contribution in [3.05, 3.63) is 23.8 Å². The minimum atomic E-state index is -3.63. The van der Waals surface area contributed by atoms with Crippen LogP contribution in [0.1, 0.15) is 31.1 Å². The molecule has 0 bridgehead atoms. The summed E-state index contributed by atoms with van der Waals surface area (Å²) in [7, 11) is -2.15. The molecule has 0 saturated carbocycles. The van der Waals surface area contributed by atoms with E-state index in [1.54, 1.807) is 24.8 Å². The number of nitrogens with zero attached hydrogens (tertiary/aromatic N) is 2. The minimum absolute atomic E-state index is 0. The fourth-order valence-corrected chi connectivity index (χ4v) is 4.50. The lowest BCUT2D eigenvalue weighted by atomic mass is 10.1. The van der Waals surface area contributed by atoms with E-state index in [2.05, 4.69) is 5.32 Å². The van der Waals surface area contributed by atoms with Crippen LogP contribution in [0.25, 0.3) is 0 Å². The summed E-state index contributed by atoms with van der Waals surface area (Å²) in [6.45, 7) is 8.23. The maximum atomic E-state index is 12.9. The van der Waals surface area contributed by atoms with Crippen LogP contribution in [0.2, 0.25) is 0 Å². The average Bonchev–Trinajstić information content (AvgIpc) is 2.61. The van der Waals surface area contributed by atoms with Crippen molar-refractivity contribution in [3.8, 4) is 5.75 Å². The van der Waals surface area contributed by atoms with Crippen LogP contribution in [0.15, 0.2) is 23.1 Å². The Bertz CT molecular complexity index is 723. The third-order valence-corrected chi connectivity index (χ3v) is 6.45. The molecule has 1 aromatic carbocycles. The van der Waals surface area contributed by atoms with Crippen LogP contribution in [0.3, 0.4) is 0 Å². The lowest BCUT2D eigenvalue weighted by Gasteiger charge is -2.32. The molecular formula is C17H28ClN3O4S. The van der Waals surface area contributed by atoms with Gasteiger partial charge in [0.2, 0.25) is 10.0 Å². The van der Waals surface area contributed by atoms with Gasteiger partial charge in [-0.25, -0.2) is 8.42 Å². The Kier molecular flexibility index (Phi) is 8.33. The van der Waals surface area contributed by atoms with E-state index in [1.807, 2.05) is 6.92 Å². The first kappa shape index (κ1) is 22.7. The van der Waals surface area contributed by atoms with Gasteiger partial charge < -0.3 is 15.0 Å². The highest BCUT2D eigenvalue weighted by molar-refractivity contribution is 7.89. The summed E-state index contributed by atoms with van der Waals surface area (Å²) in [6.07, 6.45) is 0. The average molecular weight is 406 g/mol. The molecule has 1 aromatic rings. The van der Waals surface area contributed by atoms with Crippen molar-refractivity contribution in [2.75, 3.05) is 39.8 Å². The zero-order chi connectivity index (χ0) is 18.6. The maximum Gasteiger partial charge on any atom is 0.257 e. The molecule has 0 spiro atoms. The van der Waals surface area contributed by atoms with Gasteiger partial charge in [0, 0.05) is 38.8 Å². The normalized spacial score (nSPS) is 17.7. The van der Waals surface area contributed by atoms with Gasteiger partial charge in [-0.3, -0.25) is 4.79 Å². The number of rotatable bonds is 6. The van der Waals surface area contributed by atoms with Crippen molar-refractivity contribution in [1.29, 1.82) is 0 Å². The van der Waals surface area contributed by atoms with Gasteiger partial charge in [0.05, 0.1) is 17.6 Å². The molecule has 1 heterocycles. The summed E-state index contributed by atoms with van der Waals surface area (Å²) in [5.74, 6) is 0.177. The minimum Gasteiger partial charge on any atom is -0.496 e. The standard InChI is InChI=1S/C17H27N3O4S.ClH/c1-5-20(6-2)25(22,23)14-7-8-16(24-4)15(11-14)17(21)19-10-9-18-13(3)12-19;/h7-8,11,13,18H,5-6,9-10,12H2,1-4H3;1H. The molecule has 1 unspecified atom stereocenters. The molecular weight excluding hydrogens is 378 g/mol. The molecule has 7 nitrogen and oxygen atoms in total. The number of hydrogen-bond acceptors (Lipinski definition) is 5. The first-order valence-corrected chi connectivity index (χ1v) is 10.00. The van der Waals surface area contributed by atoms with Crippen LogP contribution in [-0.2, 0) is 10.0 Å². The monoisotopic (exact) mass is 405 g/mol. The molecule has 9 heteroatoms. The van der Waals surface area contributed by atoms with Crippen molar-refractivity contribution in [2.45, 2.75) is 31.7 Å². The largest absolute Gasteiger partial charge is 0.496 e. The van der Waals surface area contributed by atoms with E-state index >= 15 is 0 Å². The smallest absolute Gasteiger partial charge is 0.257 e. The van der Waals surface area contributed by atoms with Crippen molar-refractivity contribution in [2.24, 2.45) is 0 Å². The molecule has 1 atom stereocenters. The maximum absolute atomic E-state index is 12.9. The van der Waals surface area contributed by atoms with Gasteiger partial charge in [-0.15, -0.1) is 12.4 Å². The van der Waals surface area contributed by atoms with E-state index in [4.69, 9.17) is 4.74 Å². The topological polar surface area (TPSA) is 79.0 Å². The Morgan fingerprint density at radius 1 is 1.35 bits per heavy atom. The molecule has 1 N–H and O–H groups in total. The molecule has 1 fully saturated rings. The number of benzene rings is 1. The molecule has 1 amide bonds. The first-order valence-electron chi connectivity index (χ1n) is 8.56. The summed E-state index contributed by atoms with van der Waals surface area (Å²) in [6, 6.07) is 4.67. The van der Waals surface area contributed by atoms with Crippen LogP contribution >= 0.6 is 12.4 Å². The zero-order valence-electron chi connectivity index (χ0n) is 15.7. The third-order valence-electron chi connectivity index (χ3n) is 4.40. The highest BCUT2D eigenvalue weighted by atomic mass is 35.5. The van der Waals surface area contributed by atoms with Crippen molar-refractivity contribution in [3.63, 3.8) is 0 Å². The quantitative estimate of drug-likeness (QED) is 0.777. The first-order chi connectivity index (χ1) is 11.8. The summed E-state index contributed by atoms with van der Waals surface area (Å²) in [5.41, 5.74) is 0.282. The molecule has 148 valence electrons. The van der Waals surface area contributed by atoms with Gasteiger partial charge in [-0.2, -0.15) is 4.31 Å². The van der Waals surface area contributed by atoms with E-state index < -0.39 is 10.0 Å². The Hall–Kier alpha value is -1.35. The molecule has 0 radical (unpaired) electrons. The van der Waals surface area contributed by atoms with Crippen molar-refractivity contribution < 1.29 is 17.9 Å². The zero-order valence-corrected chi connectivity index (χ0v) is 17.3. The van der Waals surface area contributed by atoms with E-state index in [9.17, 15) is 13.2 Å². The molecule has 1 saturated heterocycles. The summed E-state index contributed by atoms with van der Waals surface area (Å²) < 4.78 is 32.2. The fraction of sp³-hybridized carbons (Fsp3) is 0.588. The third kappa shape index (κ3) is 4.68. The highest BCUT2D eigenvalue weighted by Crippen LogP contribution is 2.26. The van der Waals surface area contributed by atoms with Crippen LogP contribution in [0, 0.1) is 0 Å². The molecule has 0 aliphatic carbocycles. The van der Waals surface area contributed by atoms with Gasteiger partial charge >= 0.3 is 0 Å². The number of amides is 1.